The highest BCUT2D eigenvalue weighted by Crippen LogP contribution is 2.08. The van der Waals surface area contributed by atoms with E-state index >= 15 is 0 Å². The molecule has 0 aromatic heterocycles. The van der Waals surface area contributed by atoms with Crippen molar-refractivity contribution in [3.63, 3.8) is 0 Å². The van der Waals surface area contributed by atoms with E-state index in [9.17, 15) is 9.59 Å². The fourth-order valence-corrected chi connectivity index (χ4v) is 1.39. The summed E-state index contributed by atoms with van der Waals surface area (Å²) in [7, 11) is 0. The molecule has 1 aromatic rings. The summed E-state index contributed by atoms with van der Waals surface area (Å²) in [5.41, 5.74) is 6.98. The number of carbonyl (C=O) groups is 2. The summed E-state index contributed by atoms with van der Waals surface area (Å²) in [6.07, 6.45) is 0.521. The maximum Gasteiger partial charge on any atom is 0.326 e. The van der Waals surface area contributed by atoms with Crippen molar-refractivity contribution in [2.45, 2.75) is 25.8 Å². The first-order chi connectivity index (χ1) is 8.02. The first-order valence-electron chi connectivity index (χ1n) is 5.39. The average Bonchev–Trinajstić information content (AvgIpc) is 2.30. The van der Waals surface area contributed by atoms with E-state index in [1.165, 1.54) is 0 Å². The van der Waals surface area contributed by atoms with Crippen LogP contribution in [-0.4, -0.2) is 23.0 Å². The van der Waals surface area contributed by atoms with Crippen LogP contribution in [0, 0.1) is 0 Å². The van der Waals surface area contributed by atoms with Crippen LogP contribution < -0.4 is 11.1 Å². The number of aliphatic carboxylic acids is 1. The molecule has 0 aliphatic rings. The highest BCUT2D eigenvalue weighted by atomic mass is 16.4. The van der Waals surface area contributed by atoms with Gasteiger partial charge in [0.2, 0.25) is 5.91 Å². The lowest BCUT2D eigenvalue weighted by atomic mass is 10.1. The van der Waals surface area contributed by atoms with Gasteiger partial charge in [-0.15, -0.1) is 0 Å². The van der Waals surface area contributed by atoms with E-state index in [1.807, 2.05) is 0 Å². The Labute approximate surface area is 99.6 Å². The Morgan fingerprint density at radius 1 is 1.35 bits per heavy atom. The standard InChI is InChI=1S/C12H16N2O3/c1-2-11(15)14-10(12(16)17)7-8-3-5-9(13)6-4-8/h3-6,10H,2,7,13H2,1H3,(H,14,15)(H,16,17)/t10-/m1/s1. The van der Waals surface area contributed by atoms with Gasteiger partial charge in [0.1, 0.15) is 6.04 Å². The third kappa shape index (κ3) is 4.14. The summed E-state index contributed by atoms with van der Waals surface area (Å²) in [4.78, 5) is 22.2. The number of nitrogen functional groups attached to an aromatic ring is 1. The molecular formula is C12H16N2O3. The molecule has 1 amide bonds. The smallest absolute Gasteiger partial charge is 0.326 e. The van der Waals surface area contributed by atoms with Crippen molar-refractivity contribution < 1.29 is 14.7 Å². The van der Waals surface area contributed by atoms with E-state index in [4.69, 9.17) is 10.8 Å². The average molecular weight is 236 g/mol. The molecule has 0 aliphatic heterocycles. The topological polar surface area (TPSA) is 92.4 Å². The van der Waals surface area contributed by atoms with Gasteiger partial charge in [-0.05, 0) is 17.7 Å². The molecule has 1 aromatic carbocycles. The lowest BCUT2D eigenvalue weighted by Crippen LogP contribution is -2.42. The monoisotopic (exact) mass is 236 g/mol. The van der Waals surface area contributed by atoms with Gasteiger partial charge in [-0.1, -0.05) is 19.1 Å². The molecule has 5 nitrogen and oxygen atoms in total. The van der Waals surface area contributed by atoms with Crippen LogP contribution in [0.4, 0.5) is 5.69 Å². The van der Waals surface area contributed by atoms with Crippen LogP contribution in [0.5, 0.6) is 0 Å². The van der Waals surface area contributed by atoms with Crippen molar-refractivity contribution >= 4 is 17.6 Å². The van der Waals surface area contributed by atoms with E-state index < -0.39 is 12.0 Å². The lowest BCUT2D eigenvalue weighted by molar-refractivity contribution is -0.141. The third-order valence-electron chi connectivity index (χ3n) is 2.37. The summed E-state index contributed by atoms with van der Waals surface area (Å²) in [5, 5.41) is 11.5. The third-order valence-corrected chi connectivity index (χ3v) is 2.37. The van der Waals surface area contributed by atoms with Crippen molar-refractivity contribution in [2.75, 3.05) is 5.73 Å². The second-order valence-electron chi connectivity index (χ2n) is 3.76. The van der Waals surface area contributed by atoms with Crippen LogP contribution in [0.2, 0.25) is 0 Å². The quantitative estimate of drug-likeness (QED) is 0.659. The molecule has 0 unspecified atom stereocenters. The summed E-state index contributed by atoms with van der Waals surface area (Å²) in [6, 6.07) is 6.02. The van der Waals surface area contributed by atoms with Gasteiger partial charge in [0, 0.05) is 18.5 Å². The van der Waals surface area contributed by atoms with Crippen LogP contribution in [0.1, 0.15) is 18.9 Å². The van der Waals surface area contributed by atoms with Crippen molar-refractivity contribution in [3.8, 4) is 0 Å². The molecule has 0 aliphatic carbocycles. The summed E-state index contributed by atoms with van der Waals surface area (Å²) >= 11 is 0. The molecule has 1 rings (SSSR count). The molecule has 0 fully saturated rings. The zero-order chi connectivity index (χ0) is 12.8. The number of rotatable bonds is 5. The van der Waals surface area contributed by atoms with E-state index in [-0.39, 0.29) is 18.7 Å². The molecule has 17 heavy (non-hydrogen) atoms. The molecule has 0 radical (unpaired) electrons. The fraction of sp³-hybridized carbons (Fsp3) is 0.333. The number of carboxylic acids is 1. The van der Waals surface area contributed by atoms with Gasteiger partial charge in [0.15, 0.2) is 0 Å². The Bertz CT molecular complexity index is 401. The highest BCUT2D eigenvalue weighted by Gasteiger charge is 2.19. The Morgan fingerprint density at radius 3 is 2.41 bits per heavy atom. The van der Waals surface area contributed by atoms with Gasteiger partial charge < -0.3 is 16.2 Å². The minimum absolute atomic E-state index is 0.251. The van der Waals surface area contributed by atoms with Gasteiger partial charge in [0.25, 0.3) is 0 Å². The number of carboxylic acid groups (broad SMARTS) is 1. The maximum atomic E-state index is 11.2. The van der Waals surface area contributed by atoms with E-state index in [0.29, 0.717) is 5.69 Å². The minimum atomic E-state index is -1.04. The Hall–Kier alpha value is -2.04. The molecule has 1 atom stereocenters. The number of amides is 1. The Balaban J connectivity index is 2.70. The molecule has 0 heterocycles. The second-order valence-corrected chi connectivity index (χ2v) is 3.76. The van der Waals surface area contributed by atoms with Gasteiger partial charge in [0.05, 0.1) is 0 Å². The number of anilines is 1. The van der Waals surface area contributed by atoms with Gasteiger partial charge >= 0.3 is 5.97 Å². The van der Waals surface area contributed by atoms with Gasteiger partial charge in [-0.25, -0.2) is 4.79 Å². The van der Waals surface area contributed by atoms with E-state index in [0.717, 1.165) is 5.56 Å². The predicted molar refractivity (Wildman–Crippen MR) is 64.4 cm³/mol. The van der Waals surface area contributed by atoms with Crippen LogP contribution in [0.3, 0.4) is 0 Å². The molecule has 5 heteroatoms. The number of nitrogens with one attached hydrogen (secondary N) is 1. The molecule has 92 valence electrons. The Kier molecular flexibility index (Phi) is 4.51. The zero-order valence-corrected chi connectivity index (χ0v) is 9.64. The van der Waals surface area contributed by atoms with Crippen LogP contribution in [0.25, 0.3) is 0 Å². The number of carbonyl (C=O) groups excluding carboxylic acids is 1. The predicted octanol–water partition coefficient (Wildman–Crippen LogP) is 0.791. The molecule has 0 bridgehead atoms. The molecule has 0 saturated heterocycles. The van der Waals surface area contributed by atoms with Crippen molar-refractivity contribution in [1.29, 1.82) is 0 Å². The first kappa shape index (κ1) is 13.0. The molecule has 4 N–H and O–H groups in total. The summed E-state index contributed by atoms with van der Waals surface area (Å²) in [6.45, 7) is 1.68. The summed E-state index contributed by atoms with van der Waals surface area (Å²) < 4.78 is 0. The Morgan fingerprint density at radius 2 is 1.94 bits per heavy atom. The fourth-order valence-electron chi connectivity index (χ4n) is 1.39. The first-order valence-corrected chi connectivity index (χ1v) is 5.39. The van der Waals surface area contributed by atoms with Crippen LogP contribution in [0.15, 0.2) is 24.3 Å². The zero-order valence-electron chi connectivity index (χ0n) is 9.64. The number of benzene rings is 1. The normalized spacial score (nSPS) is 11.8. The maximum absolute atomic E-state index is 11.2. The van der Waals surface area contributed by atoms with E-state index in [2.05, 4.69) is 5.32 Å². The lowest BCUT2D eigenvalue weighted by Gasteiger charge is -2.14. The molecule has 0 spiro atoms. The van der Waals surface area contributed by atoms with Gasteiger partial charge in [-0.2, -0.15) is 0 Å². The number of hydrogen-bond acceptors (Lipinski definition) is 3. The van der Waals surface area contributed by atoms with Gasteiger partial charge in [-0.3, -0.25) is 4.79 Å². The summed E-state index contributed by atoms with van der Waals surface area (Å²) in [5.74, 6) is -1.31. The van der Waals surface area contributed by atoms with Crippen LogP contribution >= 0.6 is 0 Å². The van der Waals surface area contributed by atoms with E-state index in [1.54, 1.807) is 31.2 Å². The minimum Gasteiger partial charge on any atom is -0.480 e. The SMILES string of the molecule is CCC(=O)N[C@H](Cc1ccc(N)cc1)C(=O)O. The van der Waals surface area contributed by atoms with Crippen molar-refractivity contribution in [1.82, 2.24) is 5.32 Å². The van der Waals surface area contributed by atoms with Crippen LogP contribution in [-0.2, 0) is 16.0 Å². The molecule has 0 saturated carbocycles. The molecular weight excluding hydrogens is 220 g/mol. The second kappa shape index (κ2) is 5.89. The largest absolute Gasteiger partial charge is 0.480 e. The number of nitrogens with two attached hydrogens (primary N) is 1. The highest BCUT2D eigenvalue weighted by molar-refractivity contribution is 5.83. The van der Waals surface area contributed by atoms with Crippen molar-refractivity contribution in [3.05, 3.63) is 29.8 Å². The van der Waals surface area contributed by atoms with Crippen molar-refractivity contribution in [2.24, 2.45) is 0 Å². The number of hydrogen-bond donors (Lipinski definition) is 3.